The van der Waals surface area contributed by atoms with Crippen LogP contribution < -0.4 is 16.0 Å². The molecule has 34 heavy (non-hydrogen) atoms. The number of aromatic nitrogens is 1. The van der Waals surface area contributed by atoms with Crippen molar-refractivity contribution in [2.24, 2.45) is 0 Å². The lowest BCUT2D eigenvalue weighted by Crippen LogP contribution is -2.36. The molecule has 0 bridgehead atoms. The van der Waals surface area contributed by atoms with Crippen LogP contribution in [0.3, 0.4) is 0 Å². The number of phenolic OH excluding ortho intramolecular Hbond substituents is 1. The van der Waals surface area contributed by atoms with E-state index >= 15 is 0 Å². The fraction of sp³-hybridized carbons (Fsp3) is 0.261. The van der Waals surface area contributed by atoms with Crippen LogP contribution in [-0.4, -0.2) is 46.5 Å². The summed E-state index contributed by atoms with van der Waals surface area (Å²) in [7, 11) is 1.45. The van der Waals surface area contributed by atoms with Gasteiger partial charge in [-0.2, -0.15) is 0 Å². The number of hydrogen-bond acceptors (Lipinski definition) is 7. The highest BCUT2D eigenvalue weighted by atomic mass is 79.9. The molecule has 10 nitrogen and oxygen atoms in total. The van der Waals surface area contributed by atoms with E-state index in [4.69, 9.17) is 0 Å². The van der Waals surface area contributed by atoms with Gasteiger partial charge >= 0.3 is 0 Å². The third-order valence-electron chi connectivity index (χ3n) is 5.38. The summed E-state index contributed by atoms with van der Waals surface area (Å²) in [6.07, 6.45) is 4.01. The number of phenols is 1. The number of nitro groups is 1. The number of hydrogen-bond donors (Lipinski definition) is 4. The zero-order valence-corrected chi connectivity index (χ0v) is 20.2. The number of halogens is 1. The summed E-state index contributed by atoms with van der Waals surface area (Å²) in [5, 5.41) is 31.3. The summed E-state index contributed by atoms with van der Waals surface area (Å²) in [5.41, 5.74) is 0.268. The number of nitrogens with one attached hydrogen (secondary N) is 3. The minimum absolute atomic E-state index is 0.0101. The number of amides is 2. The standard InChI is InChI=1S/C23H24BrN5O5/c1-3-15(28-23(32)17-12-26-11-13-5-4-6-19(30)20(13)17)7-8-27-21-16(22(31)25-2)9-14(24)10-18(21)29(33)34/h4-6,9-12,15,27,30H,3,7-8H2,1-2H3,(H,25,31)(H,28,32). The van der Waals surface area contributed by atoms with Crippen LogP contribution in [0, 0.1) is 10.1 Å². The average Bonchev–Trinajstić information content (AvgIpc) is 2.82. The summed E-state index contributed by atoms with van der Waals surface area (Å²) in [6.45, 7) is 2.17. The lowest BCUT2D eigenvalue weighted by Gasteiger charge is -2.19. The highest BCUT2D eigenvalue weighted by molar-refractivity contribution is 9.10. The molecule has 0 spiro atoms. The van der Waals surface area contributed by atoms with Gasteiger partial charge < -0.3 is 21.1 Å². The predicted molar refractivity (Wildman–Crippen MR) is 132 cm³/mol. The van der Waals surface area contributed by atoms with E-state index < -0.39 is 10.8 Å². The molecule has 1 heterocycles. The fourth-order valence-electron chi connectivity index (χ4n) is 3.64. The predicted octanol–water partition coefficient (Wildman–Crippen LogP) is 3.98. The molecule has 0 aliphatic rings. The number of nitro benzene ring substituents is 1. The Labute approximate surface area is 204 Å². The van der Waals surface area contributed by atoms with E-state index in [2.05, 4.69) is 36.9 Å². The second kappa shape index (κ2) is 10.9. The summed E-state index contributed by atoms with van der Waals surface area (Å²) >= 11 is 3.20. The van der Waals surface area contributed by atoms with Crippen molar-refractivity contribution in [3.05, 3.63) is 68.4 Å². The van der Waals surface area contributed by atoms with E-state index in [0.29, 0.717) is 28.1 Å². The Morgan fingerprint density at radius 3 is 2.65 bits per heavy atom. The highest BCUT2D eigenvalue weighted by Crippen LogP contribution is 2.33. The maximum atomic E-state index is 12.9. The summed E-state index contributed by atoms with van der Waals surface area (Å²) in [6, 6.07) is 7.51. The molecule has 3 aromatic rings. The van der Waals surface area contributed by atoms with Gasteiger partial charge in [0.15, 0.2) is 0 Å². The van der Waals surface area contributed by atoms with Crippen LogP contribution in [0.5, 0.6) is 5.75 Å². The van der Waals surface area contributed by atoms with Gasteiger partial charge in [0.2, 0.25) is 0 Å². The molecular formula is C23H24BrN5O5. The van der Waals surface area contributed by atoms with E-state index in [-0.39, 0.29) is 46.7 Å². The molecule has 2 aromatic carbocycles. The first-order chi connectivity index (χ1) is 16.3. The third kappa shape index (κ3) is 5.42. The zero-order chi connectivity index (χ0) is 24.8. The van der Waals surface area contributed by atoms with E-state index in [1.807, 2.05) is 6.92 Å². The van der Waals surface area contributed by atoms with Crippen molar-refractivity contribution >= 4 is 49.9 Å². The van der Waals surface area contributed by atoms with Crippen LogP contribution >= 0.6 is 15.9 Å². The number of pyridine rings is 1. The quantitative estimate of drug-likeness (QED) is 0.242. The van der Waals surface area contributed by atoms with Crippen LogP contribution in [-0.2, 0) is 0 Å². The van der Waals surface area contributed by atoms with Crippen molar-refractivity contribution in [2.75, 3.05) is 18.9 Å². The molecule has 1 atom stereocenters. The van der Waals surface area contributed by atoms with E-state index in [1.165, 1.54) is 31.4 Å². The number of benzene rings is 2. The monoisotopic (exact) mass is 529 g/mol. The van der Waals surface area contributed by atoms with Crippen molar-refractivity contribution < 1.29 is 19.6 Å². The largest absolute Gasteiger partial charge is 0.507 e. The van der Waals surface area contributed by atoms with Gasteiger partial charge in [-0.1, -0.05) is 35.0 Å². The molecule has 0 aliphatic heterocycles. The first-order valence-electron chi connectivity index (χ1n) is 10.6. The van der Waals surface area contributed by atoms with Crippen molar-refractivity contribution in [3.8, 4) is 5.75 Å². The topological polar surface area (TPSA) is 146 Å². The van der Waals surface area contributed by atoms with Gasteiger partial charge in [0.1, 0.15) is 11.4 Å². The van der Waals surface area contributed by atoms with Crippen LogP contribution in [0.2, 0.25) is 0 Å². The Kier molecular flexibility index (Phi) is 8.00. The number of carbonyl (C=O) groups excluding carboxylic acids is 2. The minimum atomic E-state index is -0.557. The minimum Gasteiger partial charge on any atom is -0.507 e. The molecule has 0 saturated heterocycles. The number of carbonyl (C=O) groups is 2. The average molecular weight is 530 g/mol. The van der Waals surface area contributed by atoms with Gasteiger partial charge in [-0.3, -0.25) is 24.7 Å². The Morgan fingerprint density at radius 1 is 1.21 bits per heavy atom. The van der Waals surface area contributed by atoms with Crippen LogP contribution in [0.1, 0.15) is 40.5 Å². The van der Waals surface area contributed by atoms with Gasteiger partial charge in [-0.25, -0.2) is 0 Å². The molecule has 2 amide bonds. The Balaban J connectivity index is 1.76. The number of rotatable bonds is 9. The summed E-state index contributed by atoms with van der Waals surface area (Å²) in [4.78, 5) is 40.3. The van der Waals surface area contributed by atoms with E-state index in [9.17, 15) is 24.8 Å². The second-order valence-electron chi connectivity index (χ2n) is 7.54. The van der Waals surface area contributed by atoms with Crippen LogP contribution in [0.15, 0.2) is 47.2 Å². The van der Waals surface area contributed by atoms with Crippen LogP contribution in [0.4, 0.5) is 11.4 Å². The molecule has 0 aliphatic carbocycles. The fourth-order valence-corrected chi connectivity index (χ4v) is 4.08. The number of anilines is 1. The summed E-state index contributed by atoms with van der Waals surface area (Å²) < 4.78 is 0.411. The highest BCUT2D eigenvalue weighted by Gasteiger charge is 2.23. The van der Waals surface area contributed by atoms with Gasteiger partial charge in [0.05, 0.1) is 16.1 Å². The first-order valence-corrected chi connectivity index (χ1v) is 11.4. The Hall–Kier alpha value is -3.73. The van der Waals surface area contributed by atoms with E-state index in [0.717, 1.165) is 0 Å². The maximum Gasteiger partial charge on any atom is 0.294 e. The second-order valence-corrected chi connectivity index (χ2v) is 8.46. The molecule has 11 heteroatoms. The lowest BCUT2D eigenvalue weighted by molar-refractivity contribution is -0.384. The molecule has 178 valence electrons. The first kappa shape index (κ1) is 24.9. The molecule has 1 aromatic heterocycles. The third-order valence-corrected chi connectivity index (χ3v) is 5.84. The molecule has 0 radical (unpaired) electrons. The van der Waals surface area contributed by atoms with Gasteiger partial charge in [0.25, 0.3) is 17.5 Å². The van der Waals surface area contributed by atoms with Crippen molar-refractivity contribution in [2.45, 2.75) is 25.8 Å². The molecule has 0 fully saturated rings. The molecular weight excluding hydrogens is 506 g/mol. The molecule has 3 rings (SSSR count). The van der Waals surface area contributed by atoms with Crippen molar-refractivity contribution in [1.82, 2.24) is 15.6 Å². The zero-order valence-electron chi connectivity index (χ0n) is 18.6. The summed E-state index contributed by atoms with van der Waals surface area (Å²) in [5.74, 6) is -0.855. The van der Waals surface area contributed by atoms with Gasteiger partial charge in [-0.05, 0) is 25.0 Å². The maximum absolute atomic E-state index is 12.9. The Bertz CT molecular complexity index is 1240. The molecule has 1 unspecified atom stereocenters. The number of fused-ring (bicyclic) bond motifs is 1. The molecule has 0 saturated carbocycles. The van der Waals surface area contributed by atoms with E-state index in [1.54, 1.807) is 18.3 Å². The van der Waals surface area contributed by atoms with Crippen molar-refractivity contribution in [1.29, 1.82) is 0 Å². The Morgan fingerprint density at radius 2 is 1.97 bits per heavy atom. The smallest absolute Gasteiger partial charge is 0.294 e. The van der Waals surface area contributed by atoms with Gasteiger partial charge in [0, 0.05) is 53.3 Å². The van der Waals surface area contributed by atoms with Crippen molar-refractivity contribution in [3.63, 3.8) is 0 Å². The number of nitrogens with zero attached hydrogens (tertiary/aromatic N) is 2. The normalized spacial score (nSPS) is 11.6. The SMILES string of the molecule is CCC(CCNc1c(C(=O)NC)cc(Br)cc1[N+](=O)[O-])NC(=O)c1cncc2cccc(O)c12. The van der Waals surface area contributed by atoms with Gasteiger partial charge in [-0.15, -0.1) is 0 Å². The number of aromatic hydroxyl groups is 1. The molecule has 4 N–H and O–H groups in total. The van der Waals surface area contributed by atoms with Crippen LogP contribution in [0.25, 0.3) is 10.8 Å². The lowest BCUT2D eigenvalue weighted by atomic mass is 10.0.